The third-order valence-corrected chi connectivity index (χ3v) is 5.57. The molecule has 2 aromatic rings. The first kappa shape index (κ1) is 19.1. The molecule has 26 heavy (non-hydrogen) atoms. The number of hydrogen-bond acceptors (Lipinski definition) is 4. The number of piperidine rings is 1. The van der Waals surface area contributed by atoms with E-state index in [9.17, 15) is 5.11 Å². The molecule has 1 fully saturated rings. The highest BCUT2D eigenvalue weighted by atomic mass is 16.3. The van der Waals surface area contributed by atoms with Crippen LogP contribution in [0.25, 0.3) is 0 Å². The van der Waals surface area contributed by atoms with E-state index in [1.165, 1.54) is 24.0 Å². The fourth-order valence-corrected chi connectivity index (χ4v) is 4.23. The predicted molar refractivity (Wildman–Crippen MR) is 105 cm³/mol. The average Bonchev–Trinajstić information content (AvgIpc) is 3.01. The van der Waals surface area contributed by atoms with Crippen molar-refractivity contribution in [3.63, 3.8) is 0 Å². The van der Waals surface area contributed by atoms with Crippen LogP contribution in [0.5, 0.6) is 0 Å². The van der Waals surface area contributed by atoms with E-state index in [1.807, 2.05) is 30.1 Å². The Bertz CT molecular complexity index is 696. The maximum atomic E-state index is 10.6. The van der Waals surface area contributed by atoms with Crippen molar-refractivity contribution >= 4 is 0 Å². The molecule has 5 heteroatoms. The van der Waals surface area contributed by atoms with Gasteiger partial charge in [0.15, 0.2) is 0 Å². The molecular weight excluding hydrogens is 324 g/mol. The Hall–Kier alpha value is -1.69. The number of likely N-dealkylation sites (N-methyl/N-ethyl adjacent to an activating group) is 1. The van der Waals surface area contributed by atoms with Crippen LogP contribution in [0.4, 0.5) is 0 Å². The standard InChI is InChI=1S/C21H32N4O/c1-16-7-9-17(10-8-16)20(26)15-23(2)13-18-6-5-11-24(3)21(18)19-12-22-25(4)14-19/h7-10,12,14,18,20-21,26H,5-6,11,13,15H2,1-4H3/t18-,20+,21+/m0/s1. The van der Waals surface area contributed by atoms with E-state index in [0.29, 0.717) is 18.5 Å². The van der Waals surface area contributed by atoms with Gasteiger partial charge in [0, 0.05) is 37.9 Å². The number of hydrogen-bond donors (Lipinski definition) is 1. The molecular formula is C21H32N4O. The molecule has 1 aromatic heterocycles. The summed E-state index contributed by atoms with van der Waals surface area (Å²) < 4.78 is 1.89. The minimum absolute atomic E-state index is 0.399. The molecule has 0 unspecified atom stereocenters. The number of benzene rings is 1. The van der Waals surface area contributed by atoms with E-state index in [4.69, 9.17) is 0 Å². The second kappa shape index (κ2) is 8.33. The lowest BCUT2D eigenvalue weighted by molar-refractivity contribution is 0.0711. The van der Waals surface area contributed by atoms with Crippen LogP contribution in [0.2, 0.25) is 0 Å². The van der Waals surface area contributed by atoms with E-state index >= 15 is 0 Å². The number of aryl methyl sites for hydroxylation is 2. The van der Waals surface area contributed by atoms with Crippen LogP contribution in [0.1, 0.15) is 41.7 Å². The normalized spacial score (nSPS) is 22.7. The molecule has 1 saturated heterocycles. The van der Waals surface area contributed by atoms with Gasteiger partial charge >= 0.3 is 0 Å². The molecule has 142 valence electrons. The monoisotopic (exact) mass is 356 g/mol. The van der Waals surface area contributed by atoms with Crippen molar-refractivity contribution in [2.75, 3.05) is 33.7 Å². The Morgan fingerprint density at radius 2 is 2.00 bits per heavy atom. The molecule has 3 rings (SSSR count). The minimum Gasteiger partial charge on any atom is -0.387 e. The van der Waals surface area contributed by atoms with Gasteiger partial charge in [0.05, 0.1) is 12.3 Å². The van der Waals surface area contributed by atoms with Gasteiger partial charge in [-0.15, -0.1) is 0 Å². The molecule has 0 amide bonds. The highest BCUT2D eigenvalue weighted by Gasteiger charge is 2.32. The Kier molecular flexibility index (Phi) is 6.12. The van der Waals surface area contributed by atoms with Crippen molar-refractivity contribution in [2.24, 2.45) is 13.0 Å². The molecule has 1 N–H and O–H groups in total. The van der Waals surface area contributed by atoms with Gasteiger partial charge in [0.2, 0.25) is 0 Å². The zero-order valence-electron chi connectivity index (χ0n) is 16.5. The largest absolute Gasteiger partial charge is 0.387 e. The van der Waals surface area contributed by atoms with E-state index in [2.05, 4.69) is 54.2 Å². The molecule has 0 saturated carbocycles. The van der Waals surface area contributed by atoms with Gasteiger partial charge in [-0.3, -0.25) is 9.58 Å². The summed E-state index contributed by atoms with van der Waals surface area (Å²) in [4.78, 5) is 4.73. The molecule has 0 spiro atoms. The first-order valence-electron chi connectivity index (χ1n) is 9.56. The molecule has 1 aromatic carbocycles. The molecule has 0 bridgehead atoms. The number of nitrogens with zero attached hydrogens (tertiary/aromatic N) is 4. The molecule has 1 aliphatic rings. The van der Waals surface area contributed by atoms with Gasteiger partial charge in [-0.1, -0.05) is 29.8 Å². The summed E-state index contributed by atoms with van der Waals surface area (Å²) in [5, 5.41) is 15.0. The van der Waals surface area contributed by atoms with Crippen LogP contribution in [-0.2, 0) is 7.05 Å². The van der Waals surface area contributed by atoms with Gasteiger partial charge in [0.25, 0.3) is 0 Å². The highest BCUT2D eigenvalue weighted by molar-refractivity contribution is 5.23. The van der Waals surface area contributed by atoms with E-state index in [-0.39, 0.29) is 0 Å². The Morgan fingerprint density at radius 1 is 1.27 bits per heavy atom. The van der Waals surface area contributed by atoms with Crippen LogP contribution in [0.3, 0.4) is 0 Å². The Labute approximate surface area is 157 Å². The molecule has 2 heterocycles. The third-order valence-electron chi connectivity index (χ3n) is 5.57. The highest BCUT2D eigenvalue weighted by Crippen LogP contribution is 2.35. The van der Waals surface area contributed by atoms with E-state index < -0.39 is 6.10 Å². The summed E-state index contributed by atoms with van der Waals surface area (Å²) in [5.41, 5.74) is 3.51. The smallest absolute Gasteiger partial charge is 0.0916 e. The topological polar surface area (TPSA) is 44.5 Å². The molecule has 0 radical (unpaired) electrons. The van der Waals surface area contributed by atoms with Crippen molar-refractivity contribution in [3.05, 3.63) is 53.3 Å². The lowest BCUT2D eigenvalue weighted by atomic mass is 9.85. The van der Waals surface area contributed by atoms with Gasteiger partial charge in [-0.25, -0.2) is 0 Å². The van der Waals surface area contributed by atoms with Crippen molar-refractivity contribution < 1.29 is 5.11 Å². The Balaban J connectivity index is 1.64. The summed E-state index contributed by atoms with van der Waals surface area (Å²) in [7, 11) is 6.31. The average molecular weight is 357 g/mol. The fourth-order valence-electron chi connectivity index (χ4n) is 4.23. The van der Waals surface area contributed by atoms with Gasteiger partial charge in [-0.2, -0.15) is 5.10 Å². The van der Waals surface area contributed by atoms with Crippen LogP contribution in [-0.4, -0.2) is 58.4 Å². The number of aromatic nitrogens is 2. The van der Waals surface area contributed by atoms with Crippen LogP contribution in [0, 0.1) is 12.8 Å². The van der Waals surface area contributed by atoms with Crippen LogP contribution >= 0.6 is 0 Å². The summed E-state index contributed by atoms with van der Waals surface area (Å²) in [6.45, 7) is 4.84. The Morgan fingerprint density at radius 3 is 2.65 bits per heavy atom. The first-order chi connectivity index (χ1) is 12.4. The molecule has 5 nitrogen and oxygen atoms in total. The second-order valence-corrected chi connectivity index (χ2v) is 7.92. The van der Waals surface area contributed by atoms with Gasteiger partial charge in [-0.05, 0) is 51.9 Å². The van der Waals surface area contributed by atoms with Crippen molar-refractivity contribution in [2.45, 2.75) is 31.9 Å². The van der Waals surface area contributed by atoms with E-state index in [1.54, 1.807) is 0 Å². The van der Waals surface area contributed by atoms with Crippen molar-refractivity contribution in [1.82, 2.24) is 19.6 Å². The number of likely N-dealkylation sites (tertiary alicyclic amines) is 1. The predicted octanol–water partition coefficient (Wildman–Crippen LogP) is 2.78. The van der Waals surface area contributed by atoms with Gasteiger partial charge in [0.1, 0.15) is 0 Å². The SMILES string of the molecule is Cc1ccc([C@H](O)CN(C)C[C@@H]2CCCN(C)[C@H]2c2cnn(C)c2)cc1. The summed E-state index contributed by atoms with van der Waals surface area (Å²) >= 11 is 0. The minimum atomic E-state index is -0.446. The lowest BCUT2D eigenvalue weighted by Gasteiger charge is -2.40. The summed E-state index contributed by atoms with van der Waals surface area (Å²) in [6.07, 6.45) is 6.14. The number of aliphatic hydroxyl groups is 1. The quantitative estimate of drug-likeness (QED) is 0.864. The van der Waals surface area contributed by atoms with Crippen molar-refractivity contribution in [3.8, 4) is 0 Å². The second-order valence-electron chi connectivity index (χ2n) is 7.92. The number of aliphatic hydroxyl groups excluding tert-OH is 1. The van der Waals surface area contributed by atoms with E-state index in [0.717, 1.165) is 18.7 Å². The molecule has 1 aliphatic heterocycles. The van der Waals surface area contributed by atoms with Crippen LogP contribution < -0.4 is 0 Å². The number of rotatable bonds is 6. The lowest BCUT2D eigenvalue weighted by Crippen LogP contribution is -2.41. The summed E-state index contributed by atoms with van der Waals surface area (Å²) in [6, 6.07) is 8.58. The zero-order valence-corrected chi connectivity index (χ0v) is 16.5. The van der Waals surface area contributed by atoms with Crippen molar-refractivity contribution in [1.29, 1.82) is 0 Å². The first-order valence-corrected chi connectivity index (χ1v) is 9.56. The molecule has 3 atom stereocenters. The van der Waals surface area contributed by atoms with Gasteiger partial charge < -0.3 is 10.0 Å². The maximum absolute atomic E-state index is 10.6. The maximum Gasteiger partial charge on any atom is 0.0916 e. The zero-order chi connectivity index (χ0) is 18.7. The molecule has 0 aliphatic carbocycles. The van der Waals surface area contributed by atoms with Crippen LogP contribution in [0.15, 0.2) is 36.7 Å². The fraction of sp³-hybridized carbons (Fsp3) is 0.571. The third kappa shape index (κ3) is 4.53. The summed E-state index contributed by atoms with van der Waals surface area (Å²) in [5.74, 6) is 0.549.